The van der Waals surface area contributed by atoms with E-state index in [1.54, 1.807) is 19.2 Å². The molecule has 0 atom stereocenters. The Balaban J connectivity index is 1.57. The topological polar surface area (TPSA) is 86.1 Å². The zero-order valence-electron chi connectivity index (χ0n) is 14.1. The lowest BCUT2D eigenvalue weighted by Gasteiger charge is -2.06. The average Bonchev–Trinajstić information content (AvgIpc) is 3.05. The van der Waals surface area contributed by atoms with E-state index < -0.39 is 17.3 Å². The zero-order valence-corrected chi connectivity index (χ0v) is 14.9. The maximum Gasteiger partial charge on any atom is 0.261 e. The molecule has 4 aromatic rings. The van der Waals surface area contributed by atoms with Crippen molar-refractivity contribution in [1.29, 1.82) is 0 Å². The van der Waals surface area contributed by atoms with Crippen LogP contribution in [0.25, 0.3) is 21.1 Å². The summed E-state index contributed by atoms with van der Waals surface area (Å²) in [6, 6.07) is 9.18. The van der Waals surface area contributed by atoms with Crippen molar-refractivity contribution in [2.75, 3.05) is 12.4 Å². The summed E-state index contributed by atoms with van der Waals surface area (Å²) in [4.78, 5) is 33.2. The molecule has 0 spiro atoms. The van der Waals surface area contributed by atoms with E-state index in [0.29, 0.717) is 16.4 Å². The van der Waals surface area contributed by atoms with Crippen LogP contribution in [-0.2, 0) is 11.3 Å². The van der Waals surface area contributed by atoms with Crippen LogP contribution >= 0.6 is 11.3 Å². The largest absolute Gasteiger partial charge is 0.497 e. The van der Waals surface area contributed by atoms with Crippen molar-refractivity contribution in [2.45, 2.75) is 6.54 Å². The SMILES string of the molecule is COc1ccc2nc(NC(=O)Cn3cnc4ccc(F)cc4c3=O)sc2c1. The van der Waals surface area contributed by atoms with E-state index in [2.05, 4.69) is 15.3 Å². The molecule has 1 N–H and O–H groups in total. The molecule has 0 fully saturated rings. The van der Waals surface area contributed by atoms with Gasteiger partial charge in [-0.25, -0.2) is 14.4 Å². The number of ether oxygens (including phenoxy) is 1. The number of carbonyl (C=O) groups is 1. The van der Waals surface area contributed by atoms with Crippen LogP contribution in [0.4, 0.5) is 9.52 Å². The number of anilines is 1. The van der Waals surface area contributed by atoms with Gasteiger partial charge in [-0.2, -0.15) is 0 Å². The van der Waals surface area contributed by atoms with Crippen LogP contribution in [0.1, 0.15) is 0 Å². The molecule has 0 aliphatic rings. The van der Waals surface area contributed by atoms with Gasteiger partial charge in [0.15, 0.2) is 5.13 Å². The monoisotopic (exact) mass is 384 g/mol. The maximum atomic E-state index is 13.4. The van der Waals surface area contributed by atoms with Gasteiger partial charge >= 0.3 is 0 Å². The molecule has 0 aliphatic carbocycles. The average molecular weight is 384 g/mol. The number of thiazole rings is 1. The number of halogens is 1. The minimum Gasteiger partial charge on any atom is -0.497 e. The lowest BCUT2D eigenvalue weighted by atomic mass is 10.2. The zero-order chi connectivity index (χ0) is 19.0. The van der Waals surface area contributed by atoms with Gasteiger partial charge < -0.3 is 10.1 Å². The highest BCUT2D eigenvalue weighted by Gasteiger charge is 2.12. The van der Waals surface area contributed by atoms with Crippen molar-refractivity contribution < 1.29 is 13.9 Å². The summed E-state index contributed by atoms with van der Waals surface area (Å²) in [5, 5.41) is 3.21. The van der Waals surface area contributed by atoms with Gasteiger partial charge in [-0.05, 0) is 36.4 Å². The predicted octanol–water partition coefficient (Wildman–Crippen LogP) is 2.79. The van der Waals surface area contributed by atoms with Crippen molar-refractivity contribution in [1.82, 2.24) is 14.5 Å². The van der Waals surface area contributed by atoms with Crippen LogP contribution in [-0.4, -0.2) is 27.6 Å². The first-order valence-electron chi connectivity index (χ1n) is 7.92. The second-order valence-corrected chi connectivity index (χ2v) is 6.77. The Hall–Kier alpha value is -3.33. The normalized spacial score (nSPS) is 11.0. The van der Waals surface area contributed by atoms with Crippen molar-refractivity contribution in [3.8, 4) is 5.75 Å². The van der Waals surface area contributed by atoms with Crippen molar-refractivity contribution in [3.05, 3.63) is 58.9 Å². The van der Waals surface area contributed by atoms with Gasteiger partial charge in [0.1, 0.15) is 18.1 Å². The minimum absolute atomic E-state index is 0.123. The third-order valence-electron chi connectivity index (χ3n) is 3.94. The quantitative estimate of drug-likeness (QED) is 0.585. The van der Waals surface area contributed by atoms with Gasteiger partial charge in [0.05, 0.1) is 34.6 Å². The van der Waals surface area contributed by atoms with Crippen LogP contribution in [0.3, 0.4) is 0 Å². The van der Waals surface area contributed by atoms with Gasteiger partial charge in [0.2, 0.25) is 5.91 Å². The number of hydrogen-bond acceptors (Lipinski definition) is 6. The van der Waals surface area contributed by atoms with Gasteiger partial charge in [-0.15, -0.1) is 0 Å². The number of amides is 1. The smallest absolute Gasteiger partial charge is 0.261 e. The van der Waals surface area contributed by atoms with Gasteiger partial charge in [-0.3, -0.25) is 14.2 Å². The van der Waals surface area contributed by atoms with E-state index >= 15 is 0 Å². The molecule has 2 aromatic carbocycles. The Morgan fingerprint density at radius 1 is 1.26 bits per heavy atom. The van der Waals surface area contributed by atoms with Gasteiger partial charge in [0, 0.05) is 0 Å². The first kappa shape index (κ1) is 17.1. The molecule has 0 radical (unpaired) electrons. The van der Waals surface area contributed by atoms with Crippen LogP contribution in [0.2, 0.25) is 0 Å². The molecule has 1 amide bonds. The van der Waals surface area contributed by atoms with E-state index in [-0.39, 0.29) is 11.9 Å². The molecular formula is C18H13FN4O3S. The third kappa shape index (κ3) is 3.36. The summed E-state index contributed by atoms with van der Waals surface area (Å²) in [6.45, 7) is -0.252. The second-order valence-electron chi connectivity index (χ2n) is 5.74. The van der Waals surface area contributed by atoms with Crippen molar-refractivity contribution >= 4 is 43.5 Å². The number of carbonyl (C=O) groups excluding carboxylic acids is 1. The standard InChI is InChI=1S/C18H13FN4O3S/c1-26-11-3-5-14-15(7-11)27-18(21-14)22-16(24)8-23-9-20-13-4-2-10(19)6-12(13)17(23)25/h2-7,9H,8H2,1H3,(H,21,22,24). The Kier molecular flexibility index (Phi) is 4.28. The Labute approximate surface area is 156 Å². The summed E-state index contributed by atoms with van der Waals surface area (Å²) >= 11 is 1.30. The number of rotatable bonds is 4. The summed E-state index contributed by atoms with van der Waals surface area (Å²) in [5.41, 5.74) is 0.623. The van der Waals surface area contributed by atoms with E-state index in [9.17, 15) is 14.0 Å². The fraction of sp³-hybridized carbons (Fsp3) is 0.111. The first-order valence-corrected chi connectivity index (χ1v) is 8.74. The Bertz CT molecular complexity index is 1230. The van der Waals surface area contributed by atoms with E-state index in [4.69, 9.17) is 4.74 Å². The van der Waals surface area contributed by atoms with Crippen LogP contribution < -0.4 is 15.6 Å². The molecule has 0 unspecified atom stereocenters. The number of aromatic nitrogens is 3. The molecule has 7 nitrogen and oxygen atoms in total. The molecule has 0 aliphatic heterocycles. The number of methoxy groups -OCH3 is 1. The number of hydrogen-bond donors (Lipinski definition) is 1. The summed E-state index contributed by atoms with van der Waals surface area (Å²) in [6.07, 6.45) is 1.27. The Morgan fingerprint density at radius 3 is 2.89 bits per heavy atom. The van der Waals surface area contributed by atoms with E-state index in [1.165, 1.54) is 29.8 Å². The lowest BCUT2D eigenvalue weighted by Crippen LogP contribution is -2.27. The van der Waals surface area contributed by atoms with E-state index in [0.717, 1.165) is 20.9 Å². The highest BCUT2D eigenvalue weighted by Crippen LogP contribution is 2.29. The Morgan fingerprint density at radius 2 is 2.07 bits per heavy atom. The first-order chi connectivity index (χ1) is 13.0. The highest BCUT2D eigenvalue weighted by molar-refractivity contribution is 7.22. The van der Waals surface area contributed by atoms with Gasteiger partial charge in [-0.1, -0.05) is 11.3 Å². The fourth-order valence-electron chi connectivity index (χ4n) is 2.64. The molecule has 136 valence electrons. The molecule has 2 aromatic heterocycles. The van der Waals surface area contributed by atoms with Crippen molar-refractivity contribution in [3.63, 3.8) is 0 Å². The molecule has 0 saturated heterocycles. The summed E-state index contributed by atoms with van der Waals surface area (Å²) < 4.78 is 20.5. The minimum atomic E-state index is -0.534. The highest BCUT2D eigenvalue weighted by atomic mass is 32.1. The molecule has 0 bridgehead atoms. The summed E-state index contributed by atoms with van der Waals surface area (Å²) in [7, 11) is 1.58. The molecule has 2 heterocycles. The molecule has 9 heteroatoms. The van der Waals surface area contributed by atoms with Gasteiger partial charge in [0.25, 0.3) is 5.56 Å². The number of fused-ring (bicyclic) bond motifs is 2. The van der Waals surface area contributed by atoms with Crippen LogP contribution in [0, 0.1) is 5.82 Å². The predicted molar refractivity (Wildman–Crippen MR) is 101 cm³/mol. The summed E-state index contributed by atoms with van der Waals surface area (Å²) in [5.74, 6) is -0.265. The molecule has 0 saturated carbocycles. The number of benzene rings is 2. The van der Waals surface area contributed by atoms with E-state index in [1.807, 2.05) is 6.07 Å². The van der Waals surface area contributed by atoms with Crippen molar-refractivity contribution in [2.24, 2.45) is 0 Å². The number of nitrogens with zero attached hydrogens (tertiary/aromatic N) is 3. The molecule has 4 rings (SSSR count). The third-order valence-corrected chi connectivity index (χ3v) is 4.88. The van der Waals surface area contributed by atoms with Crippen LogP contribution in [0.5, 0.6) is 5.75 Å². The molecular weight excluding hydrogens is 371 g/mol. The molecule has 27 heavy (non-hydrogen) atoms. The second kappa shape index (κ2) is 6.76. The maximum absolute atomic E-state index is 13.4. The number of nitrogens with one attached hydrogen (secondary N) is 1. The fourth-order valence-corrected chi connectivity index (χ4v) is 3.55. The lowest BCUT2D eigenvalue weighted by molar-refractivity contribution is -0.116. The van der Waals surface area contributed by atoms with Crippen LogP contribution in [0.15, 0.2) is 47.5 Å².